The zero-order valence-corrected chi connectivity index (χ0v) is 22.0. The second kappa shape index (κ2) is 11.3. The van der Waals surface area contributed by atoms with Crippen molar-refractivity contribution >= 4 is 17.3 Å². The molecule has 0 aromatic heterocycles. The summed E-state index contributed by atoms with van der Waals surface area (Å²) in [7, 11) is 1.72. The lowest BCUT2D eigenvalue weighted by molar-refractivity contribution is 0.0773. The number of anilines is 2. The topological polar surface area (TPSA) is 36.0 Å². The predicted molar refractivity (Wildman–Crippen MR) is 145 cm³/mol. The average Bonchev–Trinajstić information content (AvgIpc) is 3.11. The summed E-state index contributed by atoms with van der Waals surface area (Å²) in [6, 6.07) is 18.2. The van der Waals surface area contributed by atoms with Crippen molar-refractivity contribution in [3.05, 3.63) is 65.7 Å². The fourth-order valence-corrected chi connectivity index (χ4v) is 5.83. The van der Waals surface area contributed by atoms with Gasteiger partial charge in [-0.1, -0.05) is 17.7 Å². The van der Waals surface area contributed by atoms with Crippen LogP contribution >= 0.6 is 0 Å². The molecule has 2 saturated heterocycles. The maximum absolute atomic E-state index is 12.9. The summed E-state index contributed by atoms with van der Waals surface area (Å²) in [5.74, 6) is 0.963. The Morgan fingerprint density at radius 1 is 1.00 bits per heavy atom. The van der Waals surface area contributed by atoms with Gasteiger partial charge in [-0.2, -0.15) is 0 Å². The molecule has 0 saturated carbocycles. The number of fused-ring (bicyclic) bond motifs is 2. The molecule has 0 aliphatic carbocycles. The van der Waals surface area contributed by atoms with E-state index in [4.69, 9.17) is 4.74 Å². The molecule has 1 amide bonds. The van der Waals surface area contributed by atoms with E-state index < -0.39 is 0 Å². The summed E-state index contributed by atoms with van der Waals surface area (Å²) in [6.45, 7) is 10.9. The molecular formula is C30H41N3O2. The number of hydrogen-bond acceptors (Lipinski definition) is 4. The SMILES string of the molecule is CCN(CC)C(=O)c1ccc(N(c2cccc(OC)c2)C2CC3CCC(C2)N3CC=C(C)C)cc1. The Balaban J connectivity index is 1.63. The Morgan fingerprint density at radius 2 is 1.66 bits per heavy atom. The molecule has 0 spiro atoms. The minimum Gasteiger partial charge on any atom is -0.497 e. The first-order chi connectivity index (χ1) is 16.9. The molecule has 2 unspecified atom stereocenters. The van der Waals surface area contributed by atoms with Crippen LogP contribution in [0.5, 0.6) is 5.75 Å². The highest BCUT2D eigenvalue weighted by molar-refractivity contribution is 5.94. The fraction of sp³-hybridized carbons (Fsp3) is 0.500. The molecule has 0 radical (unpaired) electrons. The number of nitrogens with zero attached hydrogens (tertiary/aromatic N) is 3. The molecule has 2 aliphatic heterocycles. The molecule has 188 valence electrons. The summed E-state index contributed by atoms with van der Waals surface area (Å²) < 4.78 is 5.56. The van der Waals surface area contributed by atoms with E-state index in [1.807, 2.05) is 36.9 Å². The number of rotatable bonds is 9. The summed E-state index contributed by atoms with van der Waals surface area (Å²) in [5, 5.41) is 0. The van der Waals surface area contributed by atoms with Gasteiger partial charge in [-0.25, -0.2) is 0 Å². The molecule has 2 heterocycles. The van der Waals surface area contributed by atoms with Crippen LogP contribution in [0.25, 0.3) is 0 Å². The van der Waals surface area contributed by atoms with Crippen LogP contribution in [0.2, 0.25) is 0 Å². The molecule has 5 nitrogen and oxygen atoms in total. The Kier molecular flexibility index (Phi) is 8.17. The Bertz CT molecular complexity index is 1010. The second-order valence-corrected chi connectivity index (χ2v) is 10.1. The van der Waals surface area contributed by atoms with Crippen molar-refractivity contribution in [2.45, 2.75) is 71.5 Å². The lowest BCUT2D eigenvalue weighted by Crippen LogP contribution is -2.49. The smallest absolute Gasteiger partial charge is 0.253 e. The third-order valence-corrected chi connectivity index (χ3v) is 7.71. The van der Waals surface area contributed by atoms with Crippen LogP contribution in [-0.2, 0) is 0 Å². The van der Waals surface area contributed by atoms with E-state index in [0.717, 1.165) is 55.2 Å². The molecule has 2 aromatic rings. The molecule has 2 atom stereocenters. The van der Waals surface area contributed by atoms with Crippen LogP contribution in [0, 0.1) is 0 Å². The number of piperidine rings is 1. The number of hydrogen-bond donors (Lipinski definition) is 0. The van der Waals surface area contributed by atoms with Crippen molar-refractivity contribution in [3.8, 4) is 5.75 Å². The van der Waals surface area contributed by atoms with Crippen LogP contribution in [0.4, 0.5) is 11.4 Å². The van der Waals surface area contributed by atoms with Gasteiger partial charge in [0.25, 0.3) is 5.91 Å². The highest BCUT2D eigenvalue weighted by atomic mass is 16.5. The van der Waals surface area contributed by atoms with Gasteiger partial charge in [0, 0.05) is 60.8 Å². The van der Waals surface area contributed by atoms with Crippen molar-refractivity contribution in [3.63, 3.8) is 0 Å². The first-order valence-electron chi connectivity index (χ1n) is 13.2. The van der Waals surface area contributed by atoms with Crippen molar-refractivity contribution < 1.29 is 9.53 Å². The minimum atomic E-state index is 0.0973. The molecule has 2 bridgehead atoms. The summed E-state index contributed by atoms with van der Waals surface area (Å²) in [6.07, 6.45) is 7.22. The van der Waals surface area contributed by atoms with Crippen LogP contribution in [0.15, 0.2) is 60.2 Å². The normalized spacial score (nSPS) is 21.5. The molecule has 5 heteroatoms. The highest BCUT2D eigenvalue weighted by Crippen LogP contribution is 2.42. The fourth-order valence-electron chi connectivity index (χ4n) is 5.83. The zero-order chi connectivity index (χ0) is 24.9. The van der Waals surface area contributed by atoms with Crippen LogP contribution in [0.1, 0.15) is 63.7 Å². The Morgan fingerprint density at radius 3 is 2.23 bits per heavy atom. The number of amides is 1. The van der Waals surface area contributed by atoms with Gasteiger partial charge in [-0.15, -0.1) is 0 Å². The van der Waals surface area contributed by atoms with Crippen LogP contribution in [-0.4, -0.2) is 60.6 Å². The van der Waals surface area contributed by atoms with Gasteiger partial charge in [0.2, 0.25) is 0 Å². The number of allylic oxidation sites excluding steroid dienone is 1. The Hall–Kier alpha value is -2.79. The molecule has 2 aromatic carbocycles. The zero-order valence-electron chi connectivity index (χ0n) is 22.0. The van der Waals surface area contributed by atoms with E-state index in [1.165, 1.54) is 18.4 Å². The number of ether oxygens (including phenoxy) is 1. The van der Waals surface area contributed by atoms with Gasteiger partial charge in [0.05, 0.1) is 7.11 Å². The maximum atomic E-state index is 12.9. The highest BCUT2D eigenvalue weighted by Gasteiger charge is 2.42. The van der Waals surface area contributed by atoms with E-state index in [0.29, 0.717) is 18.1 Å². The number of carbonyl (C=O) groups excluding carboxylic acids is 1. The first-order valence-corrected chi connectivity index (χ1v) is 13.2. The standard InChI is InChI=1S/C30H41N3O2/c1-6-31(7-2)30(34)23-11-13-24(14-12-23)33(27-9-8-10-29(21-27)35-5)28-19-25-15-16-26(20-28)32(25)18-17-22(3)4/h8-14,17,21,25-26,28H,6-7,15-16,18-20H2,1-5H3. The largest absolute Gasteiger partial charge is 0.497 e. The monoisotopic (exact) mass is 475 g/mol. The van der Waals surface area contributed by atoms with E-state index in [1.54, 1.807) is 7.11 Å². The van der Waals surface area contributed by atoms with Crippen molar-refractivity contribution in [1.29, 1.82) is 0 Å². The molecular weight excluding hydrogens is 434 g/mol. The van der Waals surface area contributed by atoms with Crippen LogP contribution < -0.4 is 9.64 Å². The molecule has 35 heavy (non-hydrogen) atoms. The molecule has 0 N–H and O–H groups in total. The van der Waals surface area contributed by atoms with E-state index in [2.05, 4.69) is 60.1 Å². The van der Waals surface area contributed by atoms with Gasteiger partial charge in [-0.05, 0) is 89.8 Å². The van der Waals surface area contributed by atoms with Crippen LogP contribution in [0.3, 0.4) is 0 Å². The third kappa shape index (κ3) is 5.56. The van der Waals surface area contributed by atoms with Gasteiger partial charge in [0.1, 0.15) is 5.75 Å². The Labute approximate surface area is 211 Å². The molecule has 2 fully saturated rings. The summed E-state index contributed by atoms with van der Waals surface area (Å²) >= 11 is 0. The first kappa shape index (κ1) is 25.3. The lowest BCUT2D eigenvalue weighted by atomic mass is 9.94. The van der Waals surface area contributed by atoms with Crippen molar-refractivity contribution in [1.82, 2.24) is 9.80 Å². The molecule has 2 aliphatic rings. The molecule has 4 rings (SSSR count). The minimum absolute atomic E-state index is 0.0973. The number of methoxy groups -OCH3 is 1. The van der Waals surface area contributed by atoms with E-state index >= 15 is 0 Å². The summed E-state index contributed by atoms with van der Waals surface area (Å²) in [4.78, 5) is 19.9. The third-order valence-electron chi connectivity index (χ3n) is 7.71. The van der Waals surface area contributed by atoms with Crippen molar-refractivity contribution in [2.75, 3.05) is 31.6 Å². The second-order valence-electron chi connectivity index (χ2n) is 10.1. The lowest BCUT2D eigenvalue weighted by Gasteiger charge is -2.44. The number of carbonyl (C=O) groups is 1. The van der Waals surface area contributed by atoms with Crippen molar-refractivity contribution in [2.24, 2.45) is 0 Å². The van der Waals surface area contributed by atoms with E-state index in [9.17, 15) is 4.79 Å². The van der Waals surface area contributed by atoms with Gasteiger partial charge < -0.3 is 14.5 Å². The average molecular weight is 476 g/mol. The van der Waals surface area contributed by atoms with Gasteiger partial charge >= 0.3 is 0 Å². The van der Waals surface area contributed by atoms with E-state index in [-0.39, 0.29) is 5.91 Å². The summed E-state index contributed by atoms with van der Waals surface area (Å²) in [5.41, 5.74) is 4.43. The predicted octanol–water partition coefficient (Wildman–Crippen LogP) is 6.28. The van der Waals surface area contributed by atoms with Gasteiger partial charge in [-0.3, -0.25) is 9.69 Å². The quantitative estimate of drug-likeness (QED) is 0.400. The van der Waals surface area contributed by atoms with Gasteiger partial charge in [0.15, 0.2) is 0 Å². The maximum Gasteiger partial charge on any atom is 0.253 e. The number of benzene rings is 2.